The summed E-state index contributed by atoms with van der Waals surface area (Å²) in [5.74, 6) is 1.28. The molecular weight excluding hydrogens is 434 g/mol. The maximum atomic E-state index is 5.23. The summed E-state index contributed by atoms with van der Waals surface area (Å²) in [5, 5.41) is 0. The number of piperazine rings is 1. The Hall–Kier alpha value is -2.48. The number of hydrogen-bond acceptors (Lipinski definition) is 6. The number of anilines is 1. The molecule has 7 nitrogen and oxygen atoms in total. The van der Waals surface area contributed by atoms with Gasteiger partial charge in [0.05, 0.1) is 23.1 Å². The van der Waals surface area contributed by atoms with Crippen LogP contribution in [0.1, 0.15) is 55.4 Å². The van der Waals surface area contributed by atoms with E-state index in [4.69, 9.17) is 9.97 Å². The van der Waals surface area contributed by atoms with Crippen LogP contribution in [0, 0.1) is 0 Å². The van der Waals surface area contributed by atoms with Crippen LogP contribution >= 0.6 is 0 Å². The smallest absolute Gasteiger partial charge is 0.138 e. The van der Waals surface area contributed by atoms with E-state index in [1.54, 1.807) is 0 Å². The molecule has 7 heteroatoms. The highest BCUT2D eigenvalue weighted by Gasteiger charge is 2.27. The van der Waals surface area contributed by atoms with Crippen LogP contribution in [0.15, 0.2) is 36.5 Å². The van der Waals surface area contributed by atoms with E-state index in [0.717, 1.165) is 70.8 Å². The van der Waals surface area contributed by atoms with Crippen molar-refractivity contribution in [3.63, 3.8) is 0 Å². The van der Waals surface area contributed by atoms with Crippen molar-refractivity contribution in [2.24, 2.45) is 0 Å². The molecule has 1 aliphatic heterocycles. The van der Waals surface area contributed by atoms with Crippen LogP contribution in [0.2, 0.25) is 0 Å². The fourth-order valence-corrected chi connectivity index (χ4v) is 5.77. The number of hydrogen-bond donors (Lipinski definition) is 0. The molecule has 5 rings (SSSR count). The summed E-state index contributed by atoms with van der Waals surface area (Å²) in [6.07, 6.45) is 5.47. The van der Waals surface area contributed by atoms with E-state index >= 15 is 0 Å². The van der Waals surface area contributed by atoms with Gasteiger partial charge in [-0.25, -0.2) is 4.98 Å². The van der Waals surface area contributed by atoms with Gasteiger partial charge < -0.3 is 9.80 Å². The number of likely N-dealkylation sites (N-methyl/N-ethyl adjacent to an activating group) is 1. The largest absolute Gasteiger partial charge is 0.355 e. The third kappa shape index (κ3) is 4.95. The average molecular weight is 476 g/mol. The summed E-state index contributed by atoms with van der Waals surface area (Å²) >= 11 is 0. The maximum Gasteiger partial charge on any atom is 0.138 e. The molecule has 1 aliphatic carbocycles. The predicted octanol–water partition coefficient (Wildman–Crippen LogP) is 3.83. The highest BCUT2D eigenvalue weighted by atomic mass is 15.3. The molecule has 1 atom stereocenters. The summed E-state index contributed by atoms with van der Waals surface area (Å²) < 4.78 is 2.44. The first-order valence-electron chi connectivity index (χ1n) is 13.4. The van der Waals surface area contributed by atoms with Crippen molar-refractivity contribution in [1.82, 2.24) is 29.1 Å². The fourth-order valence-electron chi connectivity index (χ4n) is 5.77. The van der Waals surface area contributed by atoms with E-state index in [1.807, 2.05) is 6.20 Å². The van der Waals surface area contributed by atoms with Gasteiger partial charge in [-0.1, -0.05) is 26.0 Å². The number of pyridine rings is 2. The van der Waals surface area contributed by atoms with Crippen LogP contribution in [-0.2, 0) is 19.5 Å². The van der Waals surface area contributed by atoms with Gasteiger partial charge in [-0.2, -0.15) is 0 Å². The number of rotatable bonds is 8. The van der Waals surface area contributed by atoms with Gasteiger partial charge in [0.1, 0.15) is 11.5 Å². The van der Waals surface area contributed by atoms with E-state index in [1.165, 1.54) is 34.9 Å². The molecule has 0 bridgehead atoms. The summed E-state index contributed by atoms with van der Waals surface area (Å²) in [4.78, 5) is 20.0. The predicted molar refractivity (Wildman–Crippen MR) is 143 cm³/mol. The Morgan fingerprint density at radius 2 is 1.80 bits per heavy atom. The molecule has 0 unspecified atom stereocenters. The van der Waals surface area contributed by atoms with Crippen molar-refractivity contribution in [3.8, 4) is 0 Å². The zero-order valence-electron chi connectivity index (χ0n) is 22.0. The summed E-state index contributed by atoms with van der Waals surface area (Å²) in [5.41, 5.74) is 6.26. The van der Waals surface area contributed by atoms with Crippen molar-refractivity contribution in [1.29, 1.82) is 0 Å². The summed E-state index contributed by atoms with van der Waals surface area (Å²) in [6, 6.07) is 11.3. The Morgan fingerprint density at radius 3 is 2.57 bits per heavy atom. The Balaban J connectivity index is 1.52. The Kier molecular flexibility index (Phi) is 7.37. The minimum atomic E-state index is 0.350. The molecule has 4 heterocycles. The Morgan fingerprint density at radius 1 is 1.00 bits per heavy atom. The molecule has 0 radical (unpaired) electrons. The monoisotopic (exact) mass is 475 g/mol. The summed E-state index contributed by atoms with van der Waals surface area (Å²) in [6.45, 7) is 12.6. The van der Waals surface area contributed by atoms with Crippen molar-refractivity contribution < 1.29 is 0 Å². The lowest BCUT2D eigenvalue weighted by molar-refractivity contribution is 0.204. The van der Waals surface area contributed by atoms with Crippen molar-refractivity contribution in [2.45, 2.75) is 52.2 Å². The number of nitrogens with zero attached hydrogens (tertiary/aromatic N) is 7. The molecule has 0 saturated carbocycles. The number of imidazole rings is 1. The van der Waals surface area contributed by atoms with Gasteiger partial charge in [0.2, 0.25) is 0 Å². The maximum absolute atomic E-state index is 5.23. The van der Waals surface area contributed by atoms with E-state index < -0.39 is 0 Å². The number of aromatic nitrogens is 3. The highest BCUT2D eigenvalue weighted by Crippen LogP contribution is 2.33. The van der Waals surface area contributed by atoms with Gasteiger partial charge in [-0.15, -0.1) is 0 Å². The first kappa shape index (κ1) is 24.2. The molecule has 35 heavy (non-hydrogen) atoms. The highest BCUT2D eigenvalue weighted by molar-refractivity contribution is 5.55. The zero-order valence-corrected chi connectivity index (χ0v) is 22.0. The van der Waals surface area contributed by atoms with E-state index in [0.29, 0.717) is 6.04 Å². The van der Waals surface area contributed by atoms with E-state index in [2.05, 4.69) is 82.3 Å². The van der Waals surface area contributed by atoms with Gasteiger partial charge in [0, 0.05) is 45.5 Å². The molecule has 1 saturated heterocycles. The average Bonchev–Trinajstić information content (AvgIpc) is 3.24. The molecule has 1 fully saturated rings. The second kappa shape index (κ2) is 10.6. The Labute approximate surface area is 210 Å². The molecule has 0 amide bonds. The quantitative estimate of drug-likeness (QED) is 0.493. The first-order chi connectivity index (χ1) is 17.1. The Bertz CT molecular complexity index is 1130. The number of aryl methyl sites for hydroxylation is 1. The van der Waals surface area contributed by atoms with E-state index in [9.17, 15) is 0 Å². The molecule has 3 aromatic rings. The van der Waals surface area contributed by atoms with E-state index in [-0.39, 0.29) is 0 Å². The first-order valence-corrected chi connectivity index (χ1v) is 13.4. The van der Waals surface area contributed by atoms with Crippen LogP contribution in [-0.4, -0.2) is 82.4 Å². The molecule has 188 valence electrons. The van der Waals surface area contributed by atoms with Crippen LogP contribution in [0.5, 0.6) is 0 Å². The third-order valence-corrected chi connectivity index (χ3v) is 7.99. The second-order valence-corrected chi connectivity index (χ2v) is 10.2. The van der Waals surface area contributed by atoms with Crippen molar-refractivity contribution >= 4 is 11.5 Å². The van der Waals surface area contributed by atoms with Gasteiger partial charge in [-0.05, 0) is 70.2 Å². The SMILES string of the molecule is CCN(CC)Cc1c(CN(C)[C@H]2CCCc3cccnc32)nc2cccc(N3CCN(C)CC3)n12. The molecule has 2 aliphatic rings. The van der Waals surface area contributed by atoms with Gasteiger partial charge >= 0.3 is 0 Å². The fraction of sp³-hybridized carbons (Fsp3) is 0.571. The molecule has 0 aromatic carbocycles. The third-order valence-electron chi connectivity index (χ3n) is 7.99. The van der Waals surface area contributed by atoms with Crippen molar-refractivity contribution in [3.05, 3.63) is 59.2 Å². The topological polar surface area (TPSA) is 43.2 Å². The van der Waals surface area contributed by atoms with Gasteiger partial charge in [0.25, 0.3) is 0 Å². The lowest BCUT2D eigenvalue weighted by Gasteiger charge is -2.35. The van der Waals surface area contributed by atoms with Gasteiger partial charge in [0.15, 0.2) is 0 Å². The standard InChI is InChI=1S/C28H41N7/c1-5-33(6-2)21-25-23(20-32(4)24-12-7-10-22-11-9-15-29-28(22)24)30-26-13-8-14-27(35(25)26)34-18-16-31(3)17-19-34/h8-9,11,13-15,24H,5-7,10,12,16-21H2,1-4H3/t24-/m0/s1. The molecule has 3 aromatic heterocycles. The minimum Gasteiger partial charge on any atom is -0.355 e. The lowest BCUT2D eigenvalue weighted by atomic mass is 9.91. The van der Waals surface area contributed by atoms with Crippen molar-refractivity contribution in [2.75, 3.05) is 58.3 Å². The van der Waals surface area contributed by atoms with Gasteiger partial charge in [-0.3, -0.25) is 19.2 Å². The zero-order chi connectivity index (χ0) is 24.4. The molecule has 0 spiro atoms. The normalized spacial score (nSPS) is 19.1. The minimum absolute atomic E-state index is 0.350. The van der Waals surface area contributed by atoms with Crippen LogP contribution in [0.25, 0.3) is 5.65 Å². The van der Waals surface area contributed by atoms with Crippen LogP contribution in [0.3, 0.4) is 0 Å². The summed E-state index contributed by atoms with van der Waals surface area (Å²) in [7, 11) is 4.47. The molecule has 0 N–H and O–H groups in total. The van der Waals surface area contributed by atoms with Crippen LogP contribution in [0.4, 0.5) is 5.82 Å². The second-order valence-electron chi connectivity index (χ2n) is 10.2. The molecular formula is C28H41N7. The lowest BCUT2D eigenvalue weighted by Crippen LogP contribution is -2.45. The number of fused-ring (bicyclic) bond motifs is 2. The van der Waals surface area contributed by atoms with Crippen LogP contribution < -0.4 is 4.90 Å².